The van der Waals surface area contributed by atoms with Crippen LogP contribution in [0.2, 0.25) is 0 Å². The summed E-state index contributed by atoms with van der Waals surface area (Å²) in [5, 5.41) is 1.92. The van der Waals surface area contributed by atoms with Crippen molar-refractivity contribution < 1.29 is 13.7 Å². The fourth-order valence-electron chi connectivity index (χ4n) is 7.55. The highest BCUT2D eigenvalue weighted by molar-refractivity contribution is 6.70. The third-order valence-electron chi connectivity index (χ3n) is 12.4. The van der Waals surface area contributed by atoms with Gasteiger partial charge in [0.25, 0.3) is 0 Å². The van der Waals surface area contributed by atoms with Gasteiger partial charge < -0.3 is 13.7 Å². The first kappa shape index (κ1) is 34.8. The smallest absolute Gasteiger partial charge is 0.456 e. The highest BCUT2D eigenvalue weighted by atomic mass is 16.7. The Morgan fingerprint density at radius 3 is 1.44 bits per heavy atom. The summed E-state index contributed by atoms with van der Waals surface area (Å²) in [5.74, 6) is 1.98. The van der Waals surface area contributed by atoms with Gasteiger partial charge in [-0.1, -0.05) is 46.1 Å². The van der Waals surface area contributed by atoms with E-state index in [1.807, 2.05) is 24.3 Å². The van der Waals surface area contributed by atoms with Gasteiger partial charge in [0.1, 0.15) is 89.6 Å². The third-order valence-corrected chi connectivity index (χ3v) is 12.4. The second-order valence-electron chi connectivity index (χ2n) is 15.4. The third kappa shape index (κ3) is 5.21. The first-order valence-corrected chi connectivity index (χ1v) is 17.7. The summed E-state index contributed by atoms with van der Waals surface area (Å²) < 4.78 is 19.3. The SMILES string of the molecule is Bc1c(B)c(B)c(-c2nc(-c3c(B)c(B)c(B)c(B)c3B)nc(-c3cccc4oc5ccc(B6OC(C)(C)C(C)(C)O6)cc5c34)n2)c(B)c1B. The minimum Gasteiger partial charge on any atom is -0.456 e. The van der Waals surface area contributed by atoms with E-state index in [1.165, 1.54) is 54.6 Å². The van der Waals surface area contributed by atoms with E-state index < -0.39 is 18.3 Å². The molecule has 0 unspecified atom stereocenters. The molecule has 50 heavy (non-hydrogen) atoms. The van der Waals surface area contributed by atoms with Crippen molar-refractivity contribution in [2.45, 2.75) is 38.9 Å². The van der Waals surface area contributed by atoms with Gasteiger partial charge in [0, 0.05) is 27.5 Å². The minimum atomic E-state index is -0.491. The molecule has 1 fully saturated rings. The number of aromatic nitrogens is 3. The summed E-state index contributed by atoms with van der Waals surface area (Å²) in [6, 6.07) is 12.3. The average Bonchev–Trinajstić information content (AvgIpc) is 3.56. The maximum Gasteiger partial charge on any atom is 0.494 e. The molecule has 1 aliphatic heterocycles. The van der Waals surface area contributed by atoms with Crippen molar-refractivity contribution in [2.75, 3.05) is 0 Å². The Bertz CT molecular complexity index is 2270. The molecule has 6 nitrogen and oxygen atoms in total. The van der Waals surface area contributed by atoms with Gasteiger partial charge in [0.05, 0.1) is 11.2 Å². The predicted molar refractivity (Wildman–Crippen MR) is 241 cm³/mol. The van der Waals surface area contributed by atoms with Crippen molar-refractivity contribution in [3.05, 3.63) is 36.4 Å². The highest BCUT2D eigenvalue weighted by Crippen LogP contribution is 2.39. The lowest BCUT2D eigenvalue weighted by atomic mass is 9.60. The van der Waals surface area contributed by atoms with Gasteiger partial charge in [-0.05, 0) is 45.3 Å². The van der Waals surface area contributed by atoms with Crippen LogP contribution < -0.4 is 60.1 Å². The van der Waals surface area contributed by atoms with Crippen LogP contribution in [0.3, 0.4) is 0 Å². The van der Waals surface area contributed by atoms with E-state index in [-0.39, 0.29) is 0 Å². The lowest BCUT2D eigenvalue weighted by molar-refractivity contribution is 0.00578. The van der Waals surface area contributed by atoms with Gasteiger partial charge in [-0.3, -0.25) is 0 Å². The van der Waals surface area contributed by atoms with Gasteiger partial charge in [-0.25, -0.2) is 15.0 Å². The zero-order valence-corrected chi connectivity index (χ0v) is 32.1. The van der Waals surface area contributed by atoms with Crippen LogP contribution in [-0.2, 0) is 9.31 Å². The number of nitrogens with zero attached hydrogens (tertiary/aromatic N) is 3. The Morgan fingerprint density at radius 1 is 0.520 bits per heavy atom. The van der Waals surface area contributed by atoms with Crippen LogP contribution in [0.4, 0.5) is 0 Å². The summed E-state index contributed by atoms with van der Waals surface area (Å²) >= 11 is 0. The van der Waals surface area contributed by atoms with E-state index in [0.29, 0.717) is 17.5 Å². The van der Waals surface area contributed by atoms with Gasteiger partial charge in [0.2, 0.25) is 0 Å². The van der Waals surface area contributed by atoms with Gasteiger partial charge in [0.15, 0.2) is 17.5 Å². The normalized spacial score (nSPS) is 15.3. The monoisotopic (exact) mass is 645 g/mol. The molecular formula is C33H38B11N3O3. The van der Waals surface area contributed by atoms with Gasteiger partial charge in [-0.2, -0.15) is 0 Å². The molecule has 0 radical (unpaired) electrons. The molecule has 0 atom stereocenters. The lowest BCUT2D eigenvalue weighted by Crippen LogP contribution is -2.55. The molecule has 1 aliphatic rings. The number of fused-ring (bicyclic) bond motifs is 3. The Kier molecular flexibility index (Phi) is 8.31. The standard InChI is InChI=1S/C33H38B11N3O3/c1-32(2)33(3,4)50-44(49-32)11-8-9-14-13(10-11)16-12(6-5-7-15(16)48-14)29-45-30(17-19(34)23(38)27(42)24(39)20(17)35)47-31(46-29)18-21(36)25(40)28(43)26(41)22(18)37/h5-10H,34-43H2,1-4H3. The maximum absolute atomic E-state index is 6.46. The first-order chi connectivity index (χ1) is 23.4. The molecular weight excluding hydrogens is 605 g/mol. The van der Waals surface area contributed by atoms with Crippen LogP contribution >= 0.6 is 0 Å². The number of hydrogen-bond acceptors (Lipinski definition) is 6. The second kappa shape index (κ2) is 11.9. The molecule has 4 aromatic carbocycles. The van der Waals surface area contributed by atoms with Crippen molar-refractivity contribution in [3.8, 4) is 34.2 Å². The van der Waals surface area contributed by atoms with E-state index >= 15 is 0 Å². The molecule has 0 N–H and O–H groups in total. The van der Waals surface area contributed by atoms with Crippen molar-refractivity contribution in [2.24, 2.45) is 0 Å². The number of hydrogen-bond donors (Lipinski definition) is 0. The van der Waals surface area contributed by atoms with Crippen LogP contribution in [0.25, 0.3) is 56.1 Å². The zero-order valence-electron chi connectivity index (χ0n) is 32.1. The van der Waals surface area contributed by atoms with Crippen LogP contribution in [0, 0.1) is 0 Å². The Labute approximate surface area is 304 Å². The summed E-state index contributed by atoms with van der Waals surface area (Å²) in [6.07, 6.45) is 0. The molecule has 0 spiro atoms. The van der Waals surface area contributed by atoms with E-state index in [0.717, 1.165) is 44.1 Å². The molecule has 0 amide bonds. The quantitative estimate of drug-likeness (QED) is 0.178. The van der Waals surface area contributed by atoms with Crippen LogP contribution in [-0.4, -0.2) is 112 Å². The average molecular weight is 644 g/mol. The summed E-state index contributed by atoms with van der Waals surface area (Å²) in [5.41, 5.74) is 17.1. The number of rotatable bonds is 4. The largest absolute Gasteiger partial charge is 0.494 e. The molecule has 1 saturated heterocycles. The van der Waals surface area contributed by atoms with Crippen LogP contribution in [0.1, 0.15) is 27.7 Å². The molecule has 17 heteroatoms. The number of benzene rings is 4. The van der Waals surface area contributed by atoms with Gasteiger partial charge in [-0.15, -0.1) is 32.8 Å². The zero-order chi connectivity index (χ0) is 36.2. The molecule has 0 saturated carbocycles. The summed E-state index contributed by atoms with van der Waals surface area (Å²) in [6.45, 7) is 8.31. The van der Waals surface area contributed by atoms with E-state index in [4.69, 9.17) is 28.7 Å². The second-order valence-corrected chi connectivity index (χ2v) is 15.4. The molecule has 236 valence electrons. The van der Waals surface area contributed by atoms with Crippen molar-refractivity contribution >= 4 is 168 Å². The van der Waals surface area contributed by atoms with Gasteiger partial charge >= 0.3 is 7.12 Å². The van der Waals surface area contributed by atoms with Crippen molar-refractivity contribution in [1.82, 2.24) is 15.0 Å². The Hall–Kier alpha value is -3.68. The lowest BCUT2D eigenvalue weighted by Gasteiger charge is -2.32. The fraction of sp³-hybridized carbons (Fsp3) is 0.182. The highest BCUT2D eigenvalue weighted by Gasteiger charge is 2.51. The molecule has 0 aliphatic carbocycles. The van der Waals surface area contributed by atoms with E-state index in [9.17, 15) is 0 Å². The predicted octanol–water partition coefficient (Wildman–Crippen LogP) is -10.3. The Morgan fingerprint density at radius 2 is 0.960 bits per heavy atom. The molecule has 7 rings (SSSR count). The first-order valence-electron chi connectivity index (χ1n) is 17.7. The maximum atomic E-state index is 6.46. The van der Waals surface area contributed by atoms with Crippen LogP contribution in [0.5, 0.6) is 0 Å². The van der Waals surface area contributed by atoms with E-state index in [2.05, 4.69) is 118 Å². The Balaban J connectivity index is 1.53. The molecule has 0 bridgehead atoms. The van der Waals surface area contributed by atoms with Crippen molar-refractivity contribution in [3.63, 3.8) is 0 Å². The fourth-order valence-corrected chi connectivity index (χ4v) is 7.55. The van der Waals surface area contributed by atoms with Crippen molar-refractivity contribution in [1.29, 1.82) is 0 Å². The van der Waals surface area contributed by atoms with Crippen LogP contribution in [0.15, 0.2) is 40.8 Å². The molecule has 2 aromatic heterocycles. The molecule has 6 aromatic rings. The minimum absolute atomic E-state index is 0.445. The summed E-state index contributed by atoms with van der Waals surface area (Å²) in [7, 11) is 21.4. The molecule has 3 heterocycles. The van der Waals surface area contributed by atoms with E-state index in [1.54, 1.807) is 0 Å². The number of furan rings is 1. The topological polar surface area (TPSA) is 70.3 Å². The summed E-state index contributed by atoms with van der Waals surface area (Å²) in [4.78, 5) is 15.9.